The summed E-state index contributed by atoms with van der Waals surface area (Å²) in [6, 6.07) is 16.6. The summed E-state index contributed by atoms with van der Waals surface area (Å²) in [6.07, 6.45) is -5.91. The Labute approximate surface area is 171 Å². The van der Waals surface area contributed by atoms with Crippen LogP contribution in [0.3, 0.4) is 0 Å². The lowest BCUT2D eigenvalue weighted by atomic mass is 9.96. The van der Waals surface area contributed by atoms with E-state index in [9.17, 15) is 4.79 Å². The van der Waals surface area contributed by atoms with Gasteiger partial charge in [-0.2, -0.15) is 0 Å². The third kappa shape index (κ3) is 2.99. The van der Waals surface area contributed by atoms with Crippen LogP contribution in [-0.2, 0) is 6.50 Å². The molecular weight excluding hydrogens is 334 g/mol. The summed E-state index contributed by atoms with van der Waals surface area (Å²) >= 11 is 0. The van der Waals surface area contributed by atoms with Gasteiger partial charge in [0.15, 0.2) is 5.78 Å². The van der Waals surface area contributed by atoms with Crippen molar-refractivity contribution in [1.82, 2.24) is 4.57 Å². The largest absolute Gasteiger partial charge is 0.496 e. The highest BCUT2D eigenvalue weighted by Gasteiger charge is 2.19. The van der Waals surface area contributed by atoms with Crippen molar-refractivity contribution >= 4 is 27.5 Å². The van der Waals surface area contributed by atoms with Crippen LogP contribution in [0.4, 0.5) is 0 Å². The van der Waals surface area contributed by atoms with Crippen LogP contribution in [-0.4, -0.2) is 17.5 Å². The molecule has 27 heavy (non-hydrogen) atoms. The monoisotopic (exact) mass is 366 g/mol. The zero-order chi connectivity index (χ0) is 26.7. The van der Waals surface area contributed by atoms with E-state index < -0.39 is 31.9 Å². The Hall–Kier alpha value is -3.07. The molecule has 0 N–H and O–H groups in total. The molecule has 1 heterocycles. The summed E-state index contributed by atoms with van der Waals surface area (Å²) in [5, 5.41) is 1.62. The second-order valence-corrected chi connectivity index (χ2v) is 5.98. The molecule has 0 radical (unpaired) electrons. The predicted octanol–water partition coefficient (Wildman–Crippen LogP) is 5.83. The average Bonchev–Trinajstić information content (AvgIpc) is 3.22. The zero-order valence-corrected chi connectivity index (χ0v) is 14.6. The van der Waals surface area contributed by atoms with Gasteiger partial charge >= 0.3 is 0 Å². The van der Waals surface area contributed by atoms with Crippen LogP contribution >= 0.6 is 0 Å². The van der Waals surface area contributed by atoms with Gasteiger partial charge < -0.3 is 9.30 Å². The molecule has 1 aromatic heterocycles. The number of rotatable bonds is 6. The molecule has 3 aromatic carbocycles. The van der Waals surface area contributed by atoms with E-state index in [1.807, 2.05) is 0 Å². The van der Waals surface area contributed by atoms with E-state index in [0.717, 1.165) is 10.8 Å². The van der Waals surface area contributed by atoms with E-state index in [1.165, 1.54) is 13.2 Å². The van der Waals surface area contributed by atoms with Crippen molar-refractivity contribution in [3.63, 3.8) is 0 Å². The predicted molar refractivity (Wildman–Crippen MR) is 111 cm³/mol. The molecule has 0 fully saturated rings. The number of carbonyl (C=O) groups is 1. The molecule has 0 aliphatic heterocycles. The van der Waals surface area contributed by atoms with Gasteiger partial charge in [-0.25, -0.2) is 0 Å². The normalized spacial score (nSPS) is 18.2. The van der Waals surface area contributed by atoms with E-state index in [1.54, 1.807) is 54.6 Å². The zero-order valence-electron chi connectivity index (χ0n) is 23.6. The Morgan fingerprint density at radius 1 is 1.00 bits per heavy atom. The molecule has 0 saturated carbocycles. The minimum absolute atomic E-state index is 0.0649. The second kappa shape index (κ2) is 7.28. The fourth-order valence-corrected chi connectivity index (χ4v) is 3.33. The number of benzene rings is 3. The Bertz CT molecular complexity index is 1470. The molecule has 0 aliphatic carbocycles. The van der Waals surface area contributed by atoms with Gasteiger partial charge in [0.25, 0.3) is 0 Å². The Kier molecular flexibility index (Phi) is 2.63. The number of ether oxygens (including phenoxy) is 1. The number of hydrogen-bond acceptors (Lipinski definition) is 2. The van der Waals surface area contributed by atoms with Crippen molar-refractivity contribution in [1.29, 1.82) is 0 Å². The van der Waals surface area contributed by atoms with Gasteiger partial charge in [0, 0.05) is 52.4 Å². The van der Waals surface area contributed by atoms with Crippen molar-refractivity contribution in [3.05, 3.63) is 78.0 Å². The summed E-state index contributed by atoms with van der Waals surface area (Å²) in [4.78, 5) is 13.8. The number of hydrogen-bond donors (Lipinski definition) is 0. The number of methoxy groups -OCH3 is 1. The van der Waals surface area contributed by atoms with Gasteiger partial charge in [-0.15, -0.1) is 0 Å². The fourth-order valence-electron chi connectivity index (χ4n) is 3.33. The highest BCUT2D eigenvalue weighted by Crippen LogP contribution is 2.31. The van der Waals surface area contributed by atoms with Crippen molar-refractivity contribution in [2.24, 2.45) is 0 Å². The molecule has 0 aliphatic rings. The first-order chi connectivity index (χ1) is 16.7. The first kappa shape index (κ1) is 9.75. The van der Waals surface area contributed by atoms with Gasteiger partial charge in [0.05, 0.1) is 7.11 Å². The van der Waals surface area contributed by atoms with Crippen LogP contribution < -0.4 is 4.74 Å². The molecular formula is C24H23NO2. The third-order valence-electron chi connectivity index (χ3n) is 4.54. The highest BCUT2D eigenvalue weighted by atomic mass is 16.5. The molecule has 0 atom stereocenters. The summed E-state index contributed by atoms with van der Waals surface area (Å²) < 4.78 is 78.2. The van der Waals surface area contributed by atoms with Crippen LogP contribution in [0, 0.1) is 0 Å². The number of para-hydroxylation sites is 1. The highest BCUT2D eigenvalue weighted by molar-refractivity contribution is 6.21. The van der Waals surface area contributed by atoms with Gasteiger partial charge in [-0.05, 0) is 30.0 Å². The van der Waals surface area contributed by atoms with E-state index in [2.05, 4.69) is 0 Å². The molecule has 3 heteroatoms. The van der Waals surface area contributed by atoms with Crippen LogP contribution in [0.5, 0.6) is 5.75 Å². The van der Waals surface area contributed by atoms with Crippen LogP contribution in [0.25, 0.3) is 21.7 Å². The summed E-state index contributed by atoms with van der Waals surface area (Å²) in [5.74, 6) is 0.111. The fraction of sp³-hybridized carbons (Fsp3) is 0.208. The summed E-state index contributed by atoms with van der Waals surface area (Å²) in [7, 11) is 1.52. The molecule has 0 spiro atoms. The Morgan fingerprint density at radius 2 is 1.74 bits per heavy atom. The maximum atomic E-state index is 13.8. The smallest absolute Gasteiger partial charge is 0.195 e. The quantitative estimate of drug-likeness (QED) is 0.402. The maximum absolute atomic E-state index is 13.8. The minimum atomic E-state index is -3.54. The topological polar surface area (TPSA) is 31.2 Å². The van der Waals surface area contributed by atoms with Gasteiger partial charge in [0.2, 0.25) is 0 Å². The SMILES string of the molecule is [2H]C([2H])([2H])C([2H])([2H])C([2H])([2H])C([2H])([2H])n1cc(C(=O)c2ccc(OC)c3ccccc23)c2ccccc21. The first-order valence-electron chi connectivity index (χ1n) is 12.9. The Morgan fingerprint density at radius 3 is 2.52 bits per heavy atom. The van der Waals surface area contributed by atoms with Gasteiger partial charge in [0.1, 0.15) is 5.75 Å². The molecule has 0 unspecified atom stereocenters. The standard InChI is InChI=1S/C24H23NO2/c1-3-4-15-25-16-21(18-10-7-8-12-22(18)25)24(26)20-13-14-23(27-2)19-11-6-5-9-17(19)20/h5-14,16H,3-4,15H2,1-2H3/i1D3,3D2,4D2,15D2. The molecule has 0 amide bonds. The first-order valence-corrected chi connectivity index (χ1v) is 8.38. The second-order valence-electron chi connectivity index (χ2n) is 5.98. The lowest BCUT2D eigenvalue weighted by Crippen LogP contribution is -2.02. The maximum Gasteiger partial charge on any atom is 0.195 e. The van der Waals surface area contributed by atoms with E-state index in [4.69, 9.17) is 17.1 Å². The molecule has 4 aromatic rings. The van der Waals surface area contributed by atoms with Crippen LogP contribution in [0.15, 0.2) is 66.9 Å². The van der Waals surface area contributed by atoms with Gasteiger partial charge in [-0.1, -0.05) is 55.7 Å². The van der Waals surface area contributed by atoms with Crippen molar-refractivity contribution in [2.45, 2.75) is 26.1 Å². The van der Waals surface area contributed by atoms with Crippen molar-refractivity contribution < 1.29 is 21.9 Å². The molecule has 4 rings (SSSR count). The van der Waals surface area contributed by atoms with E-state index in [-0.39, 0.29) is 11.1 Å². The molecule has 0 bridgehead atoms. The molecule has 3 nitrogen and oxygen atoms in total. The number of nitrogens with zero attached hydrogens (tertiary/aromatic N) is 1. The van der Waals surface area contributed by atoms with E-state index >= 15 is 0 Å². The molecule has 0 saturated heterocycles. The average molecular weight is 367 g/mol. The number of fused-ring (bicyclic) bond motifs is 2. The minimum Gasteiger partial charge on any atom is -0.496 e. The number of aryl methyl sites for hydroxylation is 1. The summed E-state index contributed by atoms with van der Waals surface area (Å²) in [6.45, 7) is -6.61. The van der Waals surface area contributed by atoms with E-state index in [0.29, 0.717) is 27.5 Å². The van der Waals surface area contributed by atoms with Crippen LogP contribution in [0.1, 0.15) is 47.9 Å². The Balaban J connectivity index is 1.94. The van der Waals surface area contributed by atoms with Crippen LogP contribution in [0.2, 0.25) is 0 Å². The lowest BCUT2D eigenvalue weighted by molar-refractivity contribution is 0.104. The van der Waals surface area contributed by atoms with Crippen molar-refractivity contribution in [2.75, 3.05) is 7.11 Å². The number of aromatic nitrogens is 1. The third-order valence-corrected chi connectivity index (χ3v) is 4.54. The number of carbonyl (C=O) groups excluding carboxylic acids is 1. The summed E-state index contributed by atoms with van der Waals surface area (Å²) in [5.41, 5.74) is 0.500. The van der Waals surface area contributed by atoms with Gasteiger partial charge in [-0.3, -0.25) is 4.79 Å². The number of ketones is 1. The molecule has 136 valence electrons. The lowest BCUT2D eigenvalue weighted by Gasteiger charge is -2.09. The van der Waals surface area contributed by atoms with Crippen molar-refractivity contribution in [3.8, 4) is 5.75 Å².